The van der Waals surface area contributed by atoms with Crippen LogP contribution in [0.5, 0.6) is 0 Å². The van der Waals surface area contributed by atoms with E-state index >= 15 is 0 Å². The summed E-state index contributed by atoms with van der Waals surface area (Å²) >= 11 is 0. The first-order valence-corrected chi connectivity index (χ1v) is 6.49. The first-order valence-electron chi connectivity index (χ1n) is 6.49. The van der Waals surface area contributed by atoms with Gasteiger partial charge in [0.05, 0.1) is 24.7 Å². The number of hydrogen-bond acceptors (Lipinski definition) is 3. The third-order valence-electron chi connectivity index (χ3n) is 3.12. The maximum atomic E-state index is 5.90. The number of rotatable bonds is 4. The maximum absolute atomic E-state index is 5.90. The Morgan fingerprint density at radius 2 is 1.37 bits per heavy atom. The maximum Gasteiger partial charge on any atom is 0.126 e. The van der Waals surface area contributed by atoms with E-state index in [9.17, 15) is 0 Å². The summed E-state index contributed by atoms with van der Waals surface area (Å²) in [7, 11) is 0. The highest BCUT2D eigenvalue weighted by atomic mass is 16.5. The van der Waals surface area contributed by atoms with Crippen molar-refractivity contribution in [2.75, 3.05) is 0 Å². The molecule has 0 radical (unpaired) electrons. The van der Waals surface area contributed by atoms with E-state index in [1.54, 1.807) is 12.5 Å². The largest absolute Gasteiger partial charge is 0.465 e. The van der Waals surface area contributed by atoms with Gasteiger partial charge in [0.25, 0.3) is 0 Å². The Morgan fingerprint density at radius 3 is 1.79 bits per heavy atom. The molecule has 0 spiro atoms. The molecule has 0 bridgehead atoms. The molecule has 0 aliphatic carbocycles. The first kappa shape index (κ1) is 12.1. The van der Waals surface area contributed by atoms with Crippen molar-refractivity contribution < 1.29 is 13.6 Å². The standard InChI is InChI=1S/C16H16O3/c1-3-13(17-11-1)5-7-15-9-10-16(19-15)8-6-14-4-2-12-18-14/h1-8,11-12,15-16H,9-10H2/b7-5+,8-6+/t15-,16+. The minimum Gasteiger partial charge on any atom is -0.465 e. The summed E-state index contributed by atoms with van der Waals surface area (Å²) in [6.45, 7) is 0. The molecule has 3 heterocycles. The van der Waals surface area contributed by atoms with Gasteiger partial charge in [0.1, 0.15) is 11.5 Å². The van der Waals surface area contributed by atoms with Crippen molar-refractivity contribution in [2.45, 2.75) is 25.0 Å². The van der Waals surface area contributed by atoms with Crippen molar-refractivity contribution >= 4 is 12.2 Å². The summed E-state index contributed by atoms with van der Waals surface area (Å²) in [4.78, 5) is 0. The quantitative estimate of drug-likeness (QED) is 0.824. The third kappa shape index (κ3) is 3.26. The third-order valence-corrected chi connectivity index (χ3v) is 3.12. The summed E-state index contributed by atoms with van der Waals surface area (Å²) in [5.41, 5.74) is 0. The number of furan rings is 2. The van der Waals surface area contributed by atoms with Crippen LogP contribution in [0.3, 0.4) is 0 Å². The average molecular weight is 256 g/mol. The second kappa shape index (κ2) is 5.76. The molecule has 1 aliphatic heterocycles. The second-order valence-electron chi connectivity index (χ2n) is 4.54. The summed E-state index contributed by atoms with van der Waals surface area (Å²) in [6, 6.07) is 7.62. The van der Waals surface area contributed by atoms with Crippen molar-refractivity contribution in [3.8, 4) is 0 Å². The lowest BCUT2D eigenvalue weighted by atomic mass is 10.1. The highest BCUT2D eigenvalue weighted by Crippen LogP contribution is 2.23. The Labute approximate surface area is 112 Å². The summed E-state index contributed by atoms with van der Waals surface area (Å²) in [5.74, 6) is 1.72. The van der Waals surface area contributed by atoms with Crippen molar-refractivity contribution in [1.29, 1.82) is 0 Å². The fraction of sp³-hybridized carbons (Fsp3) is 0.250. The zero-order valence-corrected chi connectivity index (χ0v) is 10.6. The smallest absolute Gasteiger partial charge is 0.126 e. The van der Waals surface area contributed by atoms with Crippen LogP contribution in [0.25, 0.3) is 12.2 Å². The monoisotopic (exact) mass is 256 g/mol. The molecule has 0 amide bonds. The predicted molar refractivity (Wildman–Crippen MR) is 73.4 cm³/mol. The Hall–Kier alpha value is -2.00. The van der Waals surface area contributed by atoms with E-state index in [2.05, 4.69) is 12.2 Å². The van der Waals surface area contributed by atoms with Gasteiger partial charge in [-0.15, -0.1) is 0 Å². The van der Waals surface area contributed by atoms with Crippen molar-refractivity contribution in [2.24, 2.45) is 0 Å². The number of hydrogen-bond donors (Lipinski definition) is 0. The van der Waals surface area contributed by atoms with Crippen molar-refractivity contribution in [3.05, 3.63) is 60.5 Å². The molecule has 19 heavy (non-hydrogen) atoms. The Balaban J connectivity index is 1.53. The molecule has 1 aliphatic rings. The highest BCUT2D eigenvalue weighted by molar-refractivity contribution is 5.44. The first-order chi connectivity index (χ1) is 9.40. The minimum atomic E-state index is 0.163. The molecule has 2 atom stereocenters. The molecule has 0 unspecified atom stereocenters. The molecule has 1 saturated heterocycles. The SMILES string of the molecule is C(=C\[C@@H]1CC[C@H](/C=C/c2ccco2)O1)/c1ccco1. The van der Waals surface area contributed by atoms with Gasteiger partial charge in [-0.25, -0.2) is 0 Å². The van der Waals surface area contributed by atoms with Gasteiger partial charge in [-0.1, -0.05) is 12.2 Å². The molecule has 2 aromatic rings. The zero-order valence-electron chi connectivity index (χ0n) is 10.6. The molecule has 2 aromatic heterocycles. The van der Waals surface area contributed by atoms with E-state index < -0.39 is 0 Å². The van der Waals surface area contributed by atoms with E-state index in [1.807, 2.05) is 36.4 Å². The van der Waals surface area contributed by atoms with Gasteiger partial charge in [0.2, 0.25) is 0 Å². The van der Waals surface area contributed by atoms with E-state index in [1.165, 1.54) is 0 Å². The van der Waals surface area contributed by atoms with Crippen LogP contribution < -0.4 is 0 Å². The van der Waals surface area contributed by atoms with E-state index in [0.29, 0.717) is 0 Å². The molecule has 3 heteroatoms. The van der Waals surface area contributed by atoms with Crippen LogP contribution in [0.4, 0.5) is 0 Å². The lowest BCUT2D eigenvalue weighted by molar-refractivity contribution is 0.101. The van der Waals surface area contributed by atoms with Crippen LogP contribution in [0.15, 0.2) is 57.8 Å². The molecule has 0 saturated carbocycles. The summed E-state index contributed by atoms with van der Waals surface area (Å²) in [5, 5.41) is 0. The zero-order chi connectivity index (χ0) is 12.9. The van der Waals surface area contributed by atoms with Crippen LogP contribution in [0.1, 0.15) is 24.4 Å². The van der Waals surface area contributed by atoms with Crippen LogP contribution in [-0.2, 0) is 4.74 Å². The van der Waals surface area contributed by atoms with Crippen LogP contribution in [-0.4, -0.2) is 12.2 Å². The minimum absolute atomic E-state index is 0.163. The Kier molecular flexibility index (Phi) is 3.65. The fourth-order valence-corrected chi connectivity index (χ4v) is 2.15. The van der Waals surface area contributed by atoms with Gasteiger partial charge in [-0.3, -0.25) is 0 Å². The molecule has 1 fully saturated rings. The summed E-state index contributed by atoms with van der Waals surface area (Å²) < 4.78 is 16.4. The lowest BCUT2D eigenvalue weighted by Crippen LogP contribution is -2.05. The average Bonchev–Trinajstić information content (AvgIpc) is 3.16. The van der Waals surface area contributed by atoms with Gasteiger partial charge in [0.15, 0.2) is 0 Å². The Bertz CT molecular complexity index is 484. The van der Waals surface area contributed by atoms with Crippen LogP contribution in [0, 0.1) is 0 Å². The van der Waals surface area contributed by atoms with Gasteiger partial charge in [-0.2, -0.15) is 0 Å². The van der Waals surface area contributed by atoms with Gasteiger partial charge in [0, 0.05) is 0 Å². The number of ether oxygens (including phenoxy) is 1. The van der Waals surface area contributed by atoms with E-state index in [4.69, 9.17) is 13.6 Å². The van der Waals surface area contributed by atoms with Crippen molar-refractivity contribution in [3.63, 3.8) is 0 Å². The molecular weight excluding hydrogens is 240 g/mol. The van der Waals surface area contributed by atoms with Gasteiger partial charge < -0.3 is 13.6 Å². The molecule has 3 nitrogen and oxygen atoms in total. The van der Waals surface area contributed by atoms with E-state index in [0.717, 1.165) is 24.4 Å². The summed E-state index contributed by atoms with van der Waals surface area (Å²) in [6.07, 6.45) is 13.8. The molecule has 0 aromatic carbocycles. The van der Waals surface area contributed by atoms with Crippen molar-refractivity contribution in [1.82, 2.24) is 0 Å². The Morgan fingerprint density at radius 1 is 0.842 bits per heavy atom. The van der Waals surface area contributed by atoms with Gasteiger partial charge >= 0.3 is 0 Å². The lowest BCUT2D eigenvalue weighted by Gasteiger charge is -2.06. The van der Waals surface area contributed by atoms with Gasteiger partial charge in [-0.05, 0) is 49.3 Å². The predicted octanol–water partition coefficient (Wildman–Crippen LogP) is 4.15. The molecule has 0 N–H and O–H groups in total. The highest BCUT2D eigenvalue weighted by Gasteiger charge is 2.21. The van der Waals surface area contributed by atoms with Crippen LogP contribution >= 0.6 is 0 Å². The van der Waals surface area contributed by atoms with E-state index in [-0.39, 0.29) is 12.2 Å². The second-order valence-corrected chi connectivity index (χ2v) is 4.54. The van der Waals surface area contributed by atoms with Crippen LogP contribution in [0.2, 0.25) is 0 Å². The fourth-order valence-electron chi connectivity index (χ4n) is 2.15. The molecule has 98 valence electrons. The normalized spacial score (nSPS) is 23.8. The topological polar surface area (TPSA) is 35.5 Å². The molecule has 3 rings (SSSR count). The molecular formula is C16H16O3.